The number of amides is 2. The topological polar surface area (TPSA) is 53.0 Å². The largest absolute Gasteiger partial charge is 0.394 e. The van der Waals surface area contributed by atoms with Crippen molar-refractivity contribution in [1.29, 1.82) is 0 Å². The Bertz CT molecular complexity index is 207. The Morgan fingerprint density at radius 2 is 2.20 bits per heavy atom. The van der Waals surface area contributed by atoms with Crippen LogP contribution in [0.2, 0.25) is 0 Å². The first-order chi connectivity index (χ1) is 7.22. The predicted molar refractivity (Wildman–Crippen MR) is 56.7 cm³/mol. The molecule has 0 aromatic rings. The van der Waals surface area contributed by atoms with Crippen LogP contribution in [-0.2, 0) is 4.74 Å². The van der Waals surface area contributed by atoms with Crippen LogP contribution in [0.25, 0.3) is 0 Å². The van der Waals surface area contributed by atoms with Crippen LogP contribution in [-0.4, -0.2) is 66.4 Å². The van der Waals surface area contributed by atoms with Gasteiger partial charge in [-0.05, 0) is 13.8 Å². The quantitative estimate of drug-likeness (QED) is 0.730. The van der Waals surface area contributed by atoms with Gasteiger partial charge in [-0.3, -0.25) is 0 Å². The van der Waals surface area contributed by atoms with Crippen molar-refractivity contribution in [2.24, 2.45) is 0 Å². The van der Waals surface area contributed by atoms with E-state index in [-0.39, 0.29) is 18.7 Å². The molecule has 1 atom stereocenters. The monoisotopic (exact) mass is 216 g/mol. The first-order valence-electron chi connectivity index (χ1n) is 5.49. The maximum Gasteiger partial charge on any atom is 0.320 e. The third-order valence-corrected chi connectivity index (χ3v) is 2.65. The molecule has 0 aromatic carbocycles. The number of nitrogens with zero attached hydrogens (tertiary/aromatic N) is 2. The summed E-state index contributed by atoms with van der Waals surface area (Å²) in [4.78, 5) is 15.5. The number of carbonyl (C=O) groups is 1. The summed E-state index contributed by atoms with van der Waals surface area (Å²) in [7, 11) is 0. The average Bonchev–Trinajstić information content (AvgIpc) is 2.30. The van der Waals surface area contributed by atoms with Crippen molar-refractivity contribution in [3.05, 3.63) is 0 Å². The van der Waals surface area contributed by atoms with E-state index < -0.39 is 0 Å². The molecule has 0 aliphatic carbocycles. The van der Waals surface area contributed by atoms with Gasteiger partial charge in [0.1, 0.15) is 0 Å². The third-order valence-electron chi connectivity index (χ3n) is 2.65. The number of hydrogen-bond acceptors (Lipinski definition) is 3. The molecule has 5 nitrogen and oxygen atoms in total. The second kappa shape index (κ2) is 5.92. The lowest BCUT2D eigenvalue weighted by molar-refractivity contribution is -0.0437. The summed E-state index contributed by atoms with van der Waals surface area (Å²) >= 11 is 0. The number of carbonyl (C=O) groups excluding carboxylic acids is 1. The molecule has 0 aromatic heterocycles. The molecule has 1 heterocycles. The first kappa shape index (κ1) is 12.3. The van der Waals surface area contributed by atoms with E-state index in [9.17, 15) is 4.79 Å². The van der Waals surface area contributed by atoms with Gasteiger partial charge in [-0.15, -0.1) is 0 Å². The van der Waals surface area contributed by atoms with Crippen LogP contribution in [0.3, 0.4) is 0 Å². The van der Waals surface area contributed by atoms with Crippen LogP contribution < -0.4 is 0 Å². The van der Waals surface area contributed by atoms with Gasteiger partial charge in [0.2, 0.25) is 0 Å². The number of ether oxygens (including phenoxy) is 1. The van der Waals surface area contributed by atoms with Crippen LogP contribution in [0.4, 0.5) is 4.79 Å². The number of hydrogen-bond donors (Lipinski definition) is 1. The summed E-state index contributed by atoms with van der Waals surface area (Å²) in [5.74, 6) is 0. The molecule has 1 rings (SSSR count). The summed E-state index contributed by atoms with van der Waals surface area (Å²) in [5.41, 5.74) is 0. The highest BCUT2D eigenvalue weighted by Crippen LogP contribution is 2.07. The highest BCUT2D eigenvalue weighted by atomic mass is 16.5. The fourth-order valence-electron chi connectivity index (χ4n) is 1.70. The zero-order chi connectivity index (χ0) is 11.3. The molecule has 1 aliphatic rings. The molecule has 0 spiro atoms. The van der Waals surface area contributed by atoms with E-state index in [0.29, 0.717) is 19.7 Å². The number of aliphatic hydroxyl groups is 1. The lowest BCUT2D eigenvalue weighted by atomic mass is 10.3. The van der Waals surface area contributed by atoms with Crippen molar-refractivity contribution in [3.63, 3.8) is 0 Å². The van der Waals surface area contributed by atoms with Gasteiger partial charge < -0.3 is 19.6 Å². The minimum atomic E-state index is -0.224. The Hall–Kier alpha value is -0.810. The minimum absolute atomic E-state index is 0.0258. The molecule has 1 N–H and O–H groups in total. The van der Waals surface area contributed by atoms with Gasteiger partial charge in [0, 0.05) is 19.6 Å². The number of morpholine rings is 1. The Balaban J connectivity index is 2.51. The van der Waals surface area contributed by atoms with E-state index in [1.54, 1.807) is 9.80 Å². The van der Waals surface area contributed by atoms with Crippen molar-refractivity contribution in [3.8, 4) is 0 Å². The molecule has 1 saturated heterocycles. The van der Waals surface area contributed by atoms with E-state index >= 15 is 0 Å². The Kier molecular flexibility index (Phi) is 4.84. The van der Waals surface area contributed by atoms with Gasteiger partial charge in [-0.1, -0.05) is 0 Å². The molecule has 88 valence electrons. The molecular formula is C10H20N2O3. The van der Waals surface area contributed by atoms with E-state index in [2.05, 4.69) is 0 Å². The highest BCUT2D eigenvalue weighted by Gasteiger charge is 2.25. The Morgan fingerprint density at radius 1 is 1.53 bits per heavy atom. The van der Waals surface area contributed by atoms with Gasteiger partial charge in [0.15, 0.2) is 0 Å². The summed E-state index contributed by atoms with van der Waals surface area (Å²) in [6.45, 7) is 6.96. The molecule has 1 fully saturated rings. The van der Waals surface area contributed by atoms with Crippen LogP contribution in [0, 0.1) is 0 Å². The third kappa shape index (κ3) is 3.07. The zero-order valence-corrected chi connectivity index (χ0v) is 9.48. The molecule has 1 unspecified atom stereocenters. The van der Waals surface area contributed by atoms with E-state index in [4.69, 9.17) is 9.84 Å². The van der Waals surface area contributed by atoms with Crippen molar-refractivity contribution in [2.45, 2.75) is 20.0 Å². The summed E-state index contributed by atoms with van der Waals surface area (Å²) < 4.78 is 5.29. The van der Waals surface area contributed by atoms with Crippen LogP contribution >= 0.6 is 0 Å². The van der Waals surface area contributed by atoms with Crippen molar-refractivity contribution in [1.82, 2.24) is 9.80 Å². The normalized spacial score (nSPS) is 21.5. The van der Waals surface area contributed by atoms with E-state index in [0.717, 1.165) is 13.1 Å². The molecule has 0 bridgehead atoms. The fourth-order valence-corrected chi connectivity index (χ4v) is 1.70. The second-order valence-corrected chi connectivity index (χ2v) is 3.58. The lowest BCUT2D eigenvalue weighted by Gasteiger charge is -2.35. The SMILES string of the molecule is CCN(CC)C(=O)N1CCOC(CO)C1. The molecular weight excluding hydrogens is 196 g/mol. The molecule has 0 radical (unpaired) electrons. The van der Waals surface area contributed by atoms with E-state index in [1.807, 2.05) is 13.8 Å². The lowest BCUT2D eigenvalue weighted by Crippen LogP contribution is -2.51. The highest BCUT2D eigenvalue weighted by molar-refractivity contribution is 5.74. The van der Waals surface area contributed by atoms with Gasteiger partial charge in [-0.2, -0.15) is 0 Å². The van der Waals surface area contributed by atoms with Crippen LogP contribution in [0.15, 0.2) is 0 Å². The Labute approximate surface area is 90.6 Å². The number of rotatable bonds is 3. The van der Waals surface area contributed by atoms with Crippen molar-refractivity contribution >= 4 is 6.03 Å². The summed E-state index contributed by atoms with van der Waals surface area (Å²) in [5, 5.41) is 8.97. The zero-order valence-electron chi connectivity index (χ0n) is 9.48. The van der Waals surface area contributed by atoms with Crippen LogP contribution in [0.1, 0.15) is 13.8 Å². The standard InChI is InChI=1S/C10H20N2O3/c1-3-11(4-2)10(14)12-5-6-15-9(7-12)8-13/h9,13H,3-8H2,1-2H3. The average molecular weight is 216 g/mol. The number of urea groups is 1. The minimum Gasteiger partial charge on any atom is -0.394 e. The van der Waals surface area contributed by atoms with Crippen molar-refractivity contribution < 1.29 is 14.6 Å². The molecule has 2 amide bonds. The number of aliphatic hydroxyl groups excluding tert-OH is 1. The fraction of sp³-hybridized carbons (Fsp3) is 0.900. The van der Waals surface area contributed by atoms with Gasteiger partial charge in [0.25, 0.3) is 0 Å². The smallest absolute Gasteiger partial charge is 0.320 e. The van der Waals surface area contributed by atoms with Gasteiger partial charge in [0.05, 0.1) is 25.9 Å². The summed E-state index contributed by atoms with van der Waals surface area (Å²) in [6.07, 6.45) is -0.224. The van der Waals surface area contributed by atoms with Gasteiger partial charge in [-0.25, -0.2) is 4.79 Å². The molecule has 1 aliphatic heterocycles. The van der Waals surface area contributed by atoms with Gasteiger partial charge >= 0.3 is 6.03 Å². The molecule has 15 heavy (non-hydrogen) atoms. The Morgan fingerprint density at radius 3 is 2.73 bits per heavy atom. The molecule has 0 saturated carbocycles. The summed E-state index contributed by atoms with van der Waals surface area (Å²) in [6, 6.07) is 0.0433. The van der Waals surface area contributed by atoms with Crippen LogP contribution in [0.5, 0.6) is 0 Å². The molecule has 5 heteroatoms. The second-order valence-electron chi connectivity index (χ2n) is 3.58. The predicted octanol–water partition coefficient (Wildman–Crippen LogP) is 0.141. The first-order valence-corrected chi connectivity index (χ1v) is 5.49. The van der Waals surface area contributed by atoms with E-state index in [1.165, 1.54) is 0 Å². The maximum atomic E-state index is 11.9. The van der Waals surface area contributed by atoms with Crippen molar-refractivity contribution in [2.75, 3.05) is 39.4 Å². The maximum absolute atomic E-state index is 11.9.